The second kappa shape index (κ2) is 4.66. The van der Waals surface area contributed by atoms with Crippen molar-refractivity contribution in [1.82, 2.24) is 4.98 Å². The zero-order valence-corrected chi connectivity index (χ0v) is 8.20. The van der Waals surface area contributed by atoms with Crippen LogP contribution in [-0.2, 0) is 0 Å². The van der Waals surface area contributed by atoms with Crippen molar-refractivity contribution in [3.63, 3.8) is 0 Å². The van der Waals surface area contributed by atoms with Gasteiger partial charge < -0.3 is 21.9 Å². The van der Waals surface area contributed by atoms with Crippen molar-refractivity contribution in [2.24, 2.45) is 0 Å². The molecule has 1 unspecified atom stereocenters. The molecule has 0 aliphatic heterocycles. The fourth-order valence-electron chi connectivity index (χ4n) is 1.08. The van der Waals surface area contributed by atoms with Gasteiger partial charge in [0.15, 0.2) is 0 Å². The summed E-state index contributed by atoms with van der Waals surface area (Å²) in [5.41, 5.74) is 11.5. The minimum atomic E-state index is 0.151. The van der Waals surface area contributed by atoms with Crippen LogP contribution in [0, 0.1) is 0 Å². The van der Waals surface area contributed by atoms with Crippen LogP contribution in [0.4, 0.5) is 17.3 Å². The summed E-state index contributed by atoms with van der Waals surface area (Å²) in [6, 6.07) is 3.63. The monoisotopic (exact) mass is 196 g/mol. The van der Waals surface area contributed by atoms with Crippen molar-refractivity contribution in [3.8, 4) is 0 Å². The van der Waals surface area contributed by atoms with Gasteiger partial charge in [0.1, 0.15) is 11.6 Å². The highest BCUT2D eigenvalue weighted by Crippen LogP contribution is 2.15. The molecule has 1 aromatic rings. The molecule has 78 valence electrons. The molecule has 5 nitrogen and oxygen atoms in total. The lowest BCUT2D eigenvalue weighted by atomic mass is 10.2. The average Bonchev–Trinajstić information content (AvgIpc) is 2.12. The highest BCUT2D eigenvalue weighted by Gasteiger charge is 2.03. The Balaban J connectivity index is 2.63. The number of nitrogen functional groups attached to an aromatic ring is 2. The minimum absolute atomic E-state index is 0.151. The fraction of sp³-hybridized carbons (Fsp3) is 0.444. The Morgan fingerprint density at radius 3 is 2.79 bits per heavy atom. The van der Waals surface area contributed by atoms with E-state index < -0.39 is 0 Å². The van der Waals surface area contributed by atoms with Crippen molar-refractivity contribution in [2.75, 3.05) is 23.4 Å². The Kier molecular flexibility index (Phi) is 3.53. The highest BCUT2D eigenvalue weighted by atomic mass is 16.3. The van der Waals surface area contributed by atoms with Gasteiger partial charge in [-0.15, -0.1) is 0 Å². The predicted octanol–water partition coefficient (Wildman–Crippen LogP) is 0.429. The number of aliphatic hydroxyl groups is 1. The number of nitrogens with two attached hydrogens (primary N) is 2. The molecule has 14 heavy (non-hydrogen) atoms. The maximum absolute atomic E-state index is 8.71. The number of nitrogens with zero attached hydrogens (tertiary/aromatic N) is 1. The summed E-state index contributed by atoms with van der Waals surface area (Å²) < 4.78 is 0. The lowest BCUT2D eigenvalue weighted by Crippen LogP contribution is -2.17. The van der Waals surface area contributed by atoms with Gasteiger partial charge in [-0.05, 0) is 25.5 Å². The fourth-order valence-corrected chi connectivity index (χ4v) is 1.08. The topological polar surface area (TPSA) is 97.2 Å². The van der Waals surface area contributed by atoms with Crippen LogP contribution in [0.25, 0.3) is 0 Å². The minimum Gasteiger partial charge on any atom is -0.396 e. The molecule has 1 rings (SSSR count). The summed E-state index contributed by atoms with van der Waals surface area (Å²) in [7, 11) is 0. The number of rotatable bonds is 4. The standard InChI is InChI=1S/C9H16N4O/c1-6(4-5-14)12-8-3-2-7(10)9(11)13-8/h2-3,6,14H,4-5,10H2,1H3,(H3,11,12,13). The van der Waals surface area contributed by atoms with Crippen LogP contribution in [0.3, 0.4) is 0 Å². The second-order valence-corrected chi connectivity index (χ2v) is 3.23. The number of anilines is 3. The first-order valence-corrected chi connectivity index (χ1v) is 4.53. The molecule has 0 aliphatic carbocycles. The zero-order valence-electron chi connectivity index (χ0n) is 8.20. The molecule has 0 spiro atoms. The van der Waals surface area contributed by atoms with E-state index >= 15 is 0 Å². The molecular formula is C9H16N4O. The van der Waals surface area contributed by atoms with Crippen LogP contribution in [-0.4, -0.2) is 22.7 Å². The van der Waals surface area contributed by atoms with Crippen molar-refractivity contribution in [1.29, 1.82) is 0 Å². The Bertz CT molecular complexity index is 303. The Labute approximate surface area is 83.1 Å². The van der Waals surface area contributed by atoms with Crippen LogP contribution >= 0.6 is 0 Å². The van der Waals surface area contributed by atoms with E-state index in [2.05, 4.69) is 10.3 Å². The molecule has 6 N–H and O–H groups in total. The van der Waals surface area contributed by atoms with Gasteiger partial charge in [0.25, 0.3) is 0 Å². The lowest BCUT2D eigenvalue weighted by Gasteiger charge is -2.13. The normalized spacial score (nSPS) is 12.4. The third-order valence-corrected chi connectivity index (χ3v) is 1.91. The number of nitrogens with one attached hydrogen (secondary N) is 1. The van der Waals surface area contributed by atoms with E-state index in [0.717, 1.165) is 0 Å². The van der Waals surface area contributed by atoms with Crippen LogP contribution in [0.15, 0.2) is 12.1 Å². The molecular weight excluding hydrogens is 180 g/mol. The van der Waals surface area contributed by atoms with E-state index in [4.69, 9.17) is 16.6 Å². The number of hydrogen-bond acceptors (Lipinski definition) is 5. The van der Waals surface area contributed by atoms with Crippen molar-refractivity contribution < 1.29 is 5.11 Å². The quantitative estimate of drug-likeness (QED) is 0.560. The largest absolute Gasteiger partial charge is 0.396 e. The molecule has 0 saturated heterocycles. The summed E-state index contributed by atoms with van der Waals surface area (Å²) >= 11 is 0. The SMILES string of the molecule is CC(CCO)Nc1ccc(N)c(N)n1. The summed E-state index contributed by atoms with van der Waals surface area (Å²) in [4.78, 5) is 4.05. The number of aromatic nitrogens is 1. The molecule has 5 heteroatoms. The van der Waals surface area contributed by atoms with E-state index in [1.54, 1.807) is 12.1 Å². The predicted molar refractivity (Wildman–Crippen MR) is 57.8 cm³/mol. The Morgan fingerprint density at radius 1 is 1.50 bits per heavy atom. The van der Waals surface area contributed by atoms with Gasteiger partial charge in [-0.3, -0.25) is 0 Å². The molecule has 1 heterocycles. The first kappa shape index (κ1) is 10.6. The van der Waals surface area contributed by atoms with E-state index in [0.29, 0.717) is 23.7 Å². The Morgan fingerprint density at radius 2 is 2.21 bits per heavy atom. The van der Waals surface area contributed by atoms with Gasteiger partial charge in [0.2, 0.25) is 0 Å². The van der Waals surface area contributed by atoms with Crippen molar-refractivity contribution in [2.45, 2.75) is 19.4 Å². The maximum Gasteiger partial charge on any atom is 0.149 e. The molecule has 0 aromatic carbocycles. The van der Waals surface area contributed by atoms with E-state index in [1.165, 1.54) is 0 Å². The third-order valence-electron chi connectivity index (χ3n) is 1.91. The van der Waals surface area contributed by atoms with Gasteiger partial charge in [0.05, 0.1) is 5.69 Å². The third kappa shape index (κ3) is 2.77. The van der Waals surface area contributed by atoms with Crippen LogP contribution in [0.1, 0.15) is 13.3 Å². The van der Waals surface area contributed by atoms with Gasteiger partial charge in [0, 0.05) is 12.6 Å². The summed E-state index contributed by atoms with van der Waals surface area (Å²) in [5, 5.41) is 11.8. The highest BCUT2D eigenvalue weighted by molar-refractivity contribution is 5.61. The van der Waals surface area contributed by atoms with Gasteiger partial charge in [-0.2, -0.15) is 0 Å². The molecule has 0 saturated carbocycles. The summed E-state index contributed by atoms with van der Waals surface area (Å²) in [6.07, 6.45) is 0.673. The maximum atomic E-state index is 8.71. The molecule has 1 aromatic heterocycles. The molecule has 0 aliphatic rings. The number of aliphatic hydroxyl groups excluding tert-OH is 1. The van der Waals surface area contributed by atoms with E-state index in [-0.39, 0.29) is 12.6 Å². The first-order valence-electron chi connectivity index (χ1n) is 4.53. The van der Waals surface area contributed by atoms with E-state index in [1.807, 2.05) is 6.92 Å². The van der Waals surface area contributed by atoms with Crippen LogP contribution in [0.5, 0.6) is 0 Å². The van der Waals surface area contributed by atoms with Crippen LogP contribution < -0.4 is 16.8 Å². The Hall–Kier alpha value is -1.49. The number of hydrogen-bond donors (Lipinski definition) is 4. The molecule has 0 amide bonds. The smallest absolute Gasteiger partial charge is 0.149 e. The number of pyridine rings is 1. The van der Waals surface area contributed by atoms with E-state index in [9.17, 15) is 0 Å². The summed E-state index contributed by atoms with van der Waals surface area (Å²) in [5.74, 6) is 1.00. The lowest BCUT2D eigenvalue weighted by molar-refractivity contribution is 0.282. The molecule has 0 fully saturated rings. The molecule has 0 radical (unpaired) electrons. The summed E-state index contributed by atoms with van der Waals surface area (Å²) in [6.45, 7) is 2.11. The van der Waals surface area contributed by atoms with Gasteiger partial charge in [-0.25, -0.2) is 4.98 Å². The molecule has 0 bridgehead atoms. The van der Waals surface area contributed by atoms with Gasteiger partial charge in [-0.1, -0.05) is 0 Å². The second-order valence-electron chi connectivity index (χ2n) is 3.23. The average molecular weight is 196 g/mol. The van der Waals surface area contributed by atoms with Crippen LogP contribution in [0.2, 0.25) is 0 Å². The molecule has 1 atom stereocenters. The zero-order chi connectivity index (χ0) is 10.6. The van der Waals surface area contributed by atoms with Gasteiger partial charge >= 0.3 is 0 Å². The van der Waals surface area contributed by atoms with Crippen molar-refractivity contribution >= 4 is 17.3 Å². The first-order chi connectivity index (χ1) is 6.63. The van der Waals surface area contributed by atoms with Crippen molar-refractivity contribution in [3.05, 3.63) is 12.1 Å².